The third-order valence-corrected chi connectivity index (χ3v) is 4.80. The highest BCUT2D eigenvalue weighted by Crippen LogP contribution is 2.30. The fraction of sp³-hybridized carbons (Fsp3) is 0.217. The van der Waals surface area contributed by atoms with E-state index in [0.717, 1.165) is 5.56 Å². The second-order valence-electron chi connectivity index (χ2n) is 6.56. The molecule has 7 heteroatoms. The quantitative estimate of drug-likeness (QED) is 0.650. The second-order valence-corrected chi connectivity index (χ2v) is 6.56. The Morgan fingerprint density at radius 1 is 0.933 bits per heavy atom. The van der Waals surface area contributed by atoms with Crippen LogP contribution in [0.2, 0.25) is 0 Å². The summed E-state index contributed by atoms with van der Waals surface area (Å²) in [6.45, 7) is 1.91. The van der Waals surface area contributed by atoms with Gasteiger partial charge in [-0.25, -0.2) is 0 Å². The minimum absolute atomic E-state index is 0.0743. The minimum Gasteiger partial charge on any atom is -0.495 e. The first kappa shape index (κ1) is 21.0. The molecule has 0 bridgehead atoms. The molecule has 0 saturated carbocycles. The smallest absolute Gasteiger partial charge is 0.268 e. The lowest BCUT2D eigenvalue weighted by atomic mass is 10.1. The Labute approximate surface area is 174 Å². The summed E-state index contributed by atoms with van der Waals surface area (Å²) in [5.74, 6) is 1.18. The zero-order valence-electron chi connectivity index (χ0n) is 17.4. The number of aryl methyl sites for hydroxylation is 1. The van der Waals surface area contributed by atoms with Gasteiger partial charge in [-0.3, -0.25) is 14.2 Å². The maximum absolute atomic E-state index is 13.1. The molecule has 156 valence electrons. The molecule has 3 rings (SSSR count). The van der Waals surface area contributed by atoms with E-state index in [-0.39, 0.29) is 12.1 Å². The summed E-state index contributed by atoms with van der Waals surface area (Å²) < 4.78 is 17.5. The first-order chi connectivity index (χ1) is 14.5. The Bertz CT molecular complexity index is 1120. The van der Waals surface area contributed by atoms with Crippen LogP contribution in [0.5, 0.6) is 17.2 Å². The number of benzene rings is 2. The Morgan fingerprint density at radius 2 is 1.63 bits per heavy atom. The lowest BCUT2D eigenvalue weighted by Gasteiger charge is -2.15. The molecule has 0 unspecified atom stereocenters. The Kier molecular flexibility index (Phi) is 6.41. The van der Waals surface area contributed by atoms with E-state index in [4.69, 9.17) is 14.2 Å². The Morgan fingerprint density at radius 3 is 2.33 bits per heavy atom. The third kappa shape index (κ3) is 4.00. The number of carbonyl (C=O) groups excluding carboxylic acids is 1. The molecule has 0 aliphatic rings. The lowest BCUT2D eigenvalue weighted by molar-refractivity contribution is 0.0948. The maximum Gasteiger partial charge on any atom is 0.268 e. The number of aromatic nitrogens is 1. The molecule has 1 aromatic heterocycles. The van der Waals surface area contributed by atoms with Crippen molar-refractivity contribution in [3.8, 4) is 22.9 Å². The van der Waals surface area contributed by atoms with Crippen LogP contribution in [0.1, 0.15) is 21.5 Å². The molecule has 2 aromatic carbocycles. The summed E-state index contributed by atoms with van der Waals surface area (Å²) in [6, 6.07) is 14.3. The molecular weight excluding hydrogens is 384 g/mol. The van der Waals surface area contributed by atoms with Crippen molar-refractivity contribution in [1.82, 2.24) is 9.88 Å². The van der Waals surface area contributed by atoms with Crippen LogP contribution in [0.3, 0.4) is 0 Å². The molecule has 1 N–H and O–H groups in total. The molecule has 0 aliphatic carbocycles. The van der Waals surface area contributed by atoms with Crippen molar-refractivity contribution < 1.29 is 19.0 Å². The van der Waals surface area contributed by atoms with Gasteiger partial charge in [0.2, 0.25) is 0 Å². The first-order valence-electron chi connectivity index (χ1n) is 9.35. The molecule has 3 aromatic rings. The van der Waals surface area contributed by atoms with Gasteiger partial charge in [0.15, 0.2) is 11.5 Å². The highest BCUT2D eigenvalue weighted by molar-refractivity contribution is 5.95. The predicted molar refractivity (Wildman–Crippen MR) is 114 cm³/mol. The zero-order valence-corrected chi connectivity index (χ0v) is 17.4. The fourth-order valence-corrected chi connectivity index (χ4v) is 3.28. The molecule has 1 heterocycles. The van der Waals surface area contributed by atoms with Gasteiger partial charge < -0.3 is 19.5 Å². The maximum atomic E-state index is 13.1. The third-order valence-electron chi connectivity index (χ3n) is 4.80. The number of nitrogens with one attached hydrogen (secondary N) is 1. The number of amides is 1. The standard InChI is InChI=1S/C23H24N2O5/c1-15-12-13-25(17-9-5-6-10-18(17)28-2)23(27)20(15)22(26)24-14-16-8-7-11-19(29-3)21(16)30-4/h5-13H,14H2,1-4H3,(H,24,26). The molecule has 1 amide bonds. The van der Waals surface area contributed by atoms with Gasteiger partial charge in [-0.2, -0.15) is 0 Å². The molecule has 0 radical (unpaired) electrons. The van der Waals surface area contributed by atoms with Gasteiger partial charge in [0.25, 0.3) is 11.5 Å². The van der Waals surface area contributed by atoms with Crippen molar-refractivity contribution in [1.29, 1.82) is 0 Å². The van der Waals surface area contributed by atoms with Crippen LogP contribution in [-0.2, 0) is 6.54 Å². The highest BCUT2D eigenvalue weighted by Gasteiger charge is 2.18. The van der Waals surface area contributed by atoms with Crippen LogP contribution in [0, 0.1) is 6.92 Å². The highest BCUT2D eigenvalue weighted by atomic mass is 16.5. The van der Waals surface area contributed by atoms with E-state index in [1.807, 2.05) is 18.2 Å². The van der Waals surface area contributed by atoms with Crippen molar-refractivity contribution in [3.05, 3.63) is 81.8 Å². The normalized spacial score (nSPS) is 10.4. The Hall–Kier alpha value is -3.74. The van der Waals surface area contributed by atoms with E-state index in [1.165, 1.54) is 18.8 Å². The number of rotatable bonds is 7. The SMILES string of the molecule is COc1ccccc1-n1ccc(C)c(C(=O)NCc2cccc(OC)c2OC)c1=O. The van der Waals surface area contributed by atoms with Crippen molar-refractivity contribution in [3.63, 3.8) is 0 Å². The average Bonchev–Trinajstić information content (AvgIpc) is 2.77. The van der Waals surface area contributed by atoms with E-state index in [0.29, 0.717) is 28.5 Å². The van der Waals surface area contributed by atoms with Crippen LogP contribution < -0.4 is 25.1 Å². The fourth-order valence-electron chi connectivity index (χ4n) is 3.28. The molecule has 30 heavy (non-hydrogen) atoms. The topological polar surface area (TPSA) is 78.8 Å². The van der Waals surface area contributed by atoms with E-state index in [1.54, 1.807) is 50.6 Å². The largest absolute Gasteiger partial charge is 0.495 e. The first-order valence-corrected chi connectivity index (χ1v) is 9.35. The van der Waals surface area contributed by atoms with Crippen molar-refractivity contribution in [2.45, 2.75) is 13.5 Å². The summed E-state index contributed by atoms with van der Waals surface area (Å²) in [5, 5.41) is 2.81. The van der Waals surface area contributed by atoms with E-state index in [2.05, 4.69) is 5.32 Å². The van der Waals surface area contributed by atoms with Crippen molar-refractivity contribution in [2.75, 3.05) is 21.3 Å². The minimum atomic E-state index is -0.466. The van der Waals surface area contributed by atoms with Crippen LogP contribution in [0.15, 0.2) is 59.5 Å². The zero-order chi connectivity index (χ0) is 21.7. The van der Waals surface area contributed by atoms with E-state index < -0.39 is 11.5 Å². The molecule has 0 aliphatic heterocycles. The number of nitrogens with zero attached hydrogens (tertiary/aromatic N) is 1. The number of hydrogen-bond acceptors (Lipinski definition) is 5. The van der Waals surface area contributed by atoms with Gasteiger partial charge in [0.1, 0.15) is 11.3 Å². The Balaban J connectivity index is 1.93. The van der Waals surface area contributed by atoms with Gasteiger partial charge in [-0.05, 0) is 36.8 Å². The molecule has 0 fully saturated rings. The molecule has 7 nitrogen and oxygen atoms in total. The molecule has 0 atom stereocenters. The number of carbonyl (C=O) groups is 1. The summed E-state index contributed by atoms with van der Waals surface area (Å²) >= 11 is 0. The van der Waals surface area contributed by atoms with Crippen LogP contribution in [0.4, 0.5) is 0 Å². The van der Waals surface area contributed by atoms with Crippen LogP contribution in [-0.4, -0.2) is 31.8 Å². The average molecular weight is 408 g/mol. The second kappa shape index (κ2) is 9.17. The van der Waals surface area contributed by atoms with Gasteiger partial charge in [-0.15, -0.1) is 0 Å². The van der Waals surface area contributed by atoms with E-state index >= 15 is 0 Å². The number of para-hydroxylation sites is 3. The van der Waals surface area contributed by atoms with Crippen molar-refractivity contribution in [2.24, 2.45) is 0 Å². The van der Waals surface area contributed by atoms with Gasteiger partial charge in [0.05, 0.1) is 27.0 Å². The summed E-state index contributed by atoms with van der Waals surface area (Å²) in [4.78, 5) is 26.1. The number of hydrogen-bond donors (Lipinski definition) is 1. The van der Waals surface area contributed by atoms with Crippen molar-refractivity contribution >= 4 is 5.91 Å². The summed E-state index contributed by atoms with van der Waals surface area (Å²) in [6.07, 6.45) is 1.64. The summed E-state index contributed by atoms with van der Waals surface area (Å²) in [7, 11) is 4.62. The number of pyridine rings is 1. The molecule has 0 spiro atoms. The molecular formula is C23H24N2O5. The van der Waals surface area contributed by atoms with Gasteiger partial charge in [0, 0.05) is 18.3 Å². The lowest BCUT2D eigenvalue weighted by Crippen LogP contribution is -2.33. The van der Waals surface area contributed by atoms with E-state index in [9.17, 15) is 9.59 Å². The summed E-state index contributed by atoms with van der Waals surface area (Å²) in [5.41, 5.74) is 1.54. The van der Waals surface area contributed by atoms with Crippen LogP contribution in [0.25, 0.3) is 5.69 Å². The van der Waals surface area contributed by atoms with Gasteiger partial charge in [-0.1, -0.05) is 24.3 Å². The monoisotopic (exact) mass is 408 g/mol. The van der Waals surface area contributed by atoms with Gasteiger partial charge >= 0.3 is 0 Å². The number of methoxy groups -OCH3 is 3. The van der Waals surface area contributed by atoms with Crippen LogP contribution >= 0.6 is 0 Å². The molecule has 0 saturated heterocycles. The number of ether oxygens (including phenoxy) is 3. The predicted octanol–water partition coefficient (Wildman–Crippen LogP) is 3.10.